The van der Waals surface area contributed by atoms with Crippen molar-refractivity contribution in [1.82, 2.24) is 15.0 Å². The van der Waals surface area contributed by atoms with E-state index in [-0.39, 0.29) is 0 Å². The molecule has 2 aromatic heterocycles. The summed E-state index contributed by atoms with van der Waals surface area (Å²) in [6.45, 7) is 0. The van der Waals surface area contributed by atoms with E-state index >= 15 is 0 Å². The number of fused-ring (bicyclic) bond motifs is 3. The van der Waals surface area contributed by atoms with Gasteiger partial charge in [0.15, 0.2) is 23.1 Å². The average Bonchev–Trinajstić information content (AvgIpc) is 3.37. The molecule has 7 aromatic rings. The minimum Gasteiger partial charge on any atom is -0.454 e. The molecule has 0 aliphatic carbocycles. The van der Waals surface area contributed by atoms with E-state index in [2.05, 4.69) is 18.2 Å². The van der Waals surface area contributed by atoms with Crippen LogP contribution in [-0.2, 0) is 0 Å². The van der Waals surface area contributed by atoms with Crippen LogP contribution in [0.5, 0.6) is 0 Å². The normalized spacial score (nSPS) is 11.3. The van der Waals surface area contributed by atoms with Gasteiger partial charge in [-0.1, -0.05) is 120 Å². The van der Waals surface area contributed by atoms with Crippen molar-refractivity contribution in [2.75, 3.05) is 0 Å². The molecule has 7 rings (SSSR count). The summed E-state index contributed by atoms with van der Waals surface area (Å²) in [5.74, 6) is 1.87. The Morgan fingerprint density at radius 3 is 1.64 bits per heavy atom. The highest BCUT2D eigenvalue weighted by molar-refractivity contribution is 6.39. The molecule has 4 nitrogen and oxygen atoms in total. The van der Waals surface area contributed by atoms with Crippen LogP contribution in [0.15, 0.2) is 120 Å². The highest BCUT2D eigenvalue weighted by atomic mass is 35.5. The molecule has 0 fully saturated rings. The molecule has 2 heterocycles. The van der Waals surface area contributed by atoms with Crippen LogP contribution in [0.4, 0.5) is 0 Å². The van der Waals surface area contributed by atoms with Gasteiger partial charge in [0.2, 0.25) is 0 Å². The van der Waals surface area contributed by atoms with Gasteiger partial charge in [-0.2, -0.15) is 0 Å². The molecule has 0 bridgehead atoms. The lowest BCUT2D eigenvalue weighted by Crippen LogP contribution is -2.00. The highest BCUT2D eigenvalue weighted by Crippen LogP contribution is 2.40. The summed E-state index contributed by atoms with van der Waals surface area (Å²) in [5.41, 5.74) is 6.22. The third-order valence-electron chi connectivity index (χ3n) is 6.67. The Balaban J connectivity index is 1.35. The number of hydrogen-bond donors (Lipinski definition) is 0. The number of furan rings is 1. The molecule has 0 unspecified atom stereocenters. The van der Waals surface area contributed by atoms with Gasteiger partial charge in [0.25, 0.3) is 0 Å². The number of benzene rings is 5. The van der Waals surface area contributed by atoms with Crippen molar-refractivity contribution < 1.29 is 4.42 Å². The maximum absolute atomic E-state index is 6.44. The summed E-state index contributed by atoms with van der Waals surface area (Å²) in [6, 6.07) is 37.7. The molecule has 5 aromatic carbocycles. The Morgan fingerprint density at radius 2 is 1.05 bits per heavy atom. The summed E-state index contributed by atoms with van der Waals surface area (Å²) >= 11 is 12.8. The molecule has 186 valence electrons. The van der Waals surface area contributed by atoms with Crippen molar-refractivity contribution in [2.45, 2.75) is 0 Å². The van der Waals surface area contributed by atoms with Crippen LogP contribution in [0.3, 0.4) is 0 Å². The van der Waals surface area contributed by atoms with Crippen LogP contribution in [-0.4, -0.2) is 15.0 Å². The van der Waals surface area contributed by atoms with Gasteiger partial charge in [-0.15, -0.1) is 0 Å². The van der Waals surface area contributed by atoms with Crippen LogP contribution >= 0.6 is 23.2 Å². The van der Waals surface area contributed by atoms with Crippen LogP contribution in [0.25, 0.3) is 67.2 Å². The summed E-state index contributed by atoms with van der Waals surface area (Å²) in [6.07, 6.45) is 0. The first-order chi connectivity index (χ1) is 19.1. The molecule has 0 N–H and O–H groups in total. The molecule has 0 aliphatic heterocycles. The molecular formula is C33H19Cl2N3O. The van der Waals surface area contributed by atoms with E-state index < -0.39 is 0 Å². The van der Waals surface area contributed by atoms with E-state index in [4.69, 9.17) is 42.6 Å². The fourth-order valence-electron chi connectivity index (χ4n) is 4.83. The van der Waals surface area contributed by atoms with Crippen LogP contribution in [0.1, 0.15) is 0 Å². The van der Waals surface area contributed by atoms with Gasteiger partial charge in [0.05, 0.1) is 5.02 Å². The van der Waals surface area contributed by atoms with Gasteiger partial charge in [-0.25, -0.2) is 15.0 Å². The molecule has 39 heavy (non-hydrogen) atoms. The molecular weight excluding hydrogens is 525 g/mol. The number of nitrogens with zero attached hydrogens (tertiary/aromatic N) is 3. The van der Waals surface area contributed by atoms with Crippen molar-refractivity contribution in [1.29, 1.82) is 0 Å². The Labute approximate surface area is 234 Å². The average molecular weight is 544 g/mol. The topological polar surface area (TPSA) is 51.8 Å². The number of aromatic nitrogens is 3. The van der Waals surface area contributed by atoms with Crippen molar-refractivity contribution in [3.05, 3.63) is 125 Å². The van der Waals surface area contributed by atoms with E-state index in [0.29, 0.717) is 33.1 Å². The summed E-state index contributed by atoms with van der Waals surface area (Å²) in [4.78, 5) is 14.5. The summed E-state index contributed by atoms with van der Waals surface area (Å²) in [5, 5.41) is 2.93. The predicted octanol–water partition coefficient (Wildman–Crippen LogP) is 9.75. The van der Waals surface area contributed by atoms with E-state index in [1.807, 2.05) is 91.0 Å². The number of halogens is 2. The quantitative estimate of drug-likeness (QED) is 0.221. The SMILES string of the molecule is Clc1cc(Cl)c2oc3cccc(-c4ccc(-c5nc(-c6ccccc6)nc(-c6ccccc6)n5)cc4)c3c2c1. The molecule has 0 saturated heterocycles. The fraction of sp³-hybridized carbons (Fsp3) is 0. The summed E-state index contributed by atoms with van der Waals surface area (Å²) < 4.78 is 6.09. The van der Waals surface area contributed by atoms with E-state index in [1.165, 1.54) is 0 Å². The van der Waals surface area contributed by atoms with Crippen molar-refractivity contribution in [3.63, 3.8) is 0 Å². The van der Waals surface area contributed by atoms with Crippen LogP contribution in [0, 0.1) is 0 Å². The van der Waals surface area contributed by atoms with Gasteiger partial charge in [-0.05, 0) is 29.3 Å². The number of rotatable bonds is 4. The van der Waals surface area contributed by atoms with Gasteiger partial charge >= 0.3 is 0 Å². The Morgan fingerprint density at radius 1 is 0.513 bits per heavy atom. The molecule has 0 radical (unpaired) electrons. The molecule has 0 spiro atoms. The van der Waals surface area contributed by atoms with Crippen molar-refractivity contribution in [2.24, 2.45) is 0 Å². The first-order valence-corrected chi connectivity index (χ1v) is 13.2. The Hall–Kier alpha value is -4.51. The lowest BCUT2D eigenvalue weighted by molar-refractivity contribution is 0.669. The van der Waals surface area contributed by atoms with Crippen LogP contribution < -0.4 is 0 Å². The van der Waals surface area contributed by atoms with E-state index in [0.717, 1.165) is 44.2 Å². The first-order valence-electron chi connectivity index (χ1n) is 12.4. The monoisotopic (exact) mass is 543 g/mol. The zero-order valence-corrected chi connectivity index (χ0v) is 22.0. The largest absolute Gasteiger partial charge is 0.454 e. The second kappa shape index (κ2) is 9.66. The Kier molecular flexibility index (Phi) is 5.85. The van der Waals surface area contributed by atoms with Crippen molar-refractivity contribution >= 4 is 45.1 Å². The lowest BCUT2D eigenvalue weighted by atomic mass is 9.98. The standard InChI is InChI=1S/C33H19Cl2N3O/c34-24-18-26-29-25(12-7-13-28(29)39-30(26)27(35)19-24)20-14-16-23(17-15-20)33-37-31(21-8-3-1-4-9-21)36-32(38-33)22-10-5-2-6-11-22/h1-19H. The fourth-order valence-corrected chi connectivity index (χ4v) is 5.36. The minimum absolute atomic E-state index is 0.494. The van der Waals surface area contributed by atoms with Crippen LogP contribution in [0.2, 0.25) is 10.0 Å². The third kappa shape index (κ3) is 4.34. The van der Waals surface area contributed by atoms with E-state index in [1.54, 1.807) is 6.07 Å². The van der Waals surface area contributed by atoms with Crippen molar-refractivity contribution in [3.8, 4) is 45.3 Å². The second-order valence-electron chi connectivity index (χ2n) is 9.16. The van der Waals surface area contributed by atoms with Gasteiger partial charge in [0, 0.05) is 32.5 Å². The highest BCUT2D eigenvalue weighted by Gasteiger charge is 2.16. The Bertz CT molecular complexity index is 1910. The van der Waals surface area contributed by atoms with Gasteiger partial charge in [-0.3, -0.25) is 0 Å². The zero-order chi connectivity index (χ0) is 26.3. The number of hydrogen-bond acceptors (Lipinski definition) is 4. The summed E-state index contributed by atoms with van der Waals surface area (Å²) in [7, 11) is 0. The van der Waals surface area contributed by atoms with Gasteiger partial charge < -0.3 is 4.42 Å². The molecule has 0 atom stereocenters. The molecule has 0 amide bonds. The maximum Gasteiger partial charge on any atom is 0.164 e. The first kappa shape index (κ1) is 23.6. The molecule has 6 heteroatoms. The minimum atomic E-state index is 0.494. The van der Waals surface area contributed by atoms with E-state index in [9.17, 15) is 0 Å². The maximum atomic E-state index is 6.44. The smallest absolute Gasteiger partial charge is 0.164 e. The third-order valence-corrected chi connectivity index (χ3v) is 7.17. The second-order valence-corrected chi connectivity index (χ2v) is 10.0. The van der Waals surface area contributed by atoms with Gasteiger partial charge in [0.1, 0.15) is 5.58 Å². The molecule has 0 saturated carbocycles. The predicted molar refractivity (Wildman–Crippen MR) is 159 cm³/mol. The lowest BCUT2D eigenvalue weighted by Gasteiger charge is -2.09. The zero-order valence-electron chi connectivity index (χ0n) is 20.5. The molecule has 0 aliphatic rings.